The Labute approximate surface area is 174 Å². The topological polar surface area (TPSA) is 69.6 Å². The first kappa shape index (κ1) is 18.7. The normalized spacial score (nSPS) is 11.5. The minimum Gasteiger partial charge on any atom is -0.397 e. The van der Waals surface area contributed by atoms with Gasteiger partial charge in [-0.1, -0.05) is 13.3 Å². The molecule has 0 aromatic carbocycles. The largest absolute Gasteiger partial charge is 0.397 e. The molecule has 0 bridgehead atoms. The average molecular weight is 436 g/mol. The molecule has 4 rings (SSSR count). The molecule has 2 N–H and O–H groups in total. The SMILES string of the molecule is CCCCSc1sc2nc(-c3nccs3)cc(-c3cnc(Cl)n3C)c2c1N. The zero-order chi connectivity index (χ0) is 19.0. The Hall–Kier alpha value is -1.61. The molecule has 0 radical (unpaired) electrons. The number of nitrogens with two attached hydrogens (primary N) is 1. The molecule has 4 heterocycles. The number of nitrogen functional groups attached to an aromatic ring is 1. The van der Waals surface area contributed by atoms with Gasteiger partial charge in [0.05, 0.1) is 21.8 Å². The number of anilines is 1. The standard InChI is InChI=1S/C18H18ClN5S3/c1-3-4-6-26-17-14(20)13-10(12-9-22-18(19)24(12)2)8-11(23-16(13)27-17)15-21-5-7-25-15/h5,7-9H,3-4,6,20H2,1-2H3. The van der Waals surface area contributed by atoms with E-state index in [9.17, 15) is 0 Å². The number of hydrogen-bond acceptors (Lipinski definition) is 7. The Morgan fingerprint density at radius 2 is 2.19 bits per heavy atom. The molecule has 4 aromatic heterocycles. The van der Waals surface area contributed by atoms with E-state index in [1.165, 1.54) is 12.8 Å². The highest BCUT2D eigenvalue weighted by molar-refractivity contribution is 8.01. The van der Waals surface area contributed by atoms with Gasteiger partial charge in [-0.2, -0.15) is 0 Å². The van der Waals surface area contributed by atoms with Gasteiger partial charge in [-0.3, -0.25) is 0 Å². The van der Waals surface area contributed by atoms with Crippen LogP contribution in [-0.4, -0.2) is 25.3 Å². The Morgan fingerprint density at radius 3 is 2.85 bits per heavy atom. The van der Waals surface area contributed by atoms with Crippen molar-refractivity contribution in [1.29, 1.82) is 0 Å². The first-order valence-electron chi connectivity index (χ1n) is 8.53. The number of pyridine rings is 1. The van der Waals surface area contributed by atoms with Crippen molar-refractivity contribution in [3.8, 4) is 22.0 Å². The van der Waals surface area contributed by atoms with Crippen molar-refractivity contribution >= 4 is 61.9 Å². The van der Waals surface area contributed by atoms with E-state index < -0.39 is 0 Å². The third kappa shape index (κ3) is 3.47. The molecule has 27 heavy (non-hydrogen) atoms. The first-order valence-corrected chi connectivity index (χ1v) is 11.6. The highest BCUT2D eigenvalue weighted by Gasteiger charge is 2.20. The molecule has 0 saturated carbocycles. The van der Waals surface area contributed by atoms with Crippen LogP contribution in [0.3, 0.4) is 0 Å². The summed E-state index contributed by atoms with van der Waals surface area (Å²) in [5.41, 5.74) is 10.1. The van der Waals surface area contributed by atoms with Crippen LogP contribution in [0.2, 0.25) is 5.28 Å². The highest BCUT2D eigenvalue weighted by Crippen LogP contribution is 2.45. The summed E-state index contributed by atoms with van der Waals surface area (Å²) in [5, 5.41) is 4.26. The van der Waals surface area contributed by atoms with E-state index in [1.807, 2.05) is 23.1 Å². The summed E-state index contributed by atoms with van der Waals surface area (Å²) < 4.78 is 2.99. The summed E-state index contributed by atoms with van der Waals surface area (Å²) in [6.07, 6.45) is 5.91. The number of fused-ring (bicyclic) bond motifs is 1. The monoisotopic (exact) mass is 435 g/mol. The van der Waals surface area contributed by atoms with Crippen molar-refractivity contribution in [2.45, 2.75) is 24.0 Å². The Morgan fingerprint density at radius 1 is 1.33 bits per heavy atom. The van der Waals surface area contributed by atoms with Gasteiger partial charge in [-0.25, -0.2) is 15.0 Å². The van der Waals surface area contributed by atoms with E-state index in [-0.39, 0.29) is 0 Å². The summed E-state index contributed by atoms with van der Waals surface area (Å²) in [5.74, 6) is 1.06. The number of aromatic nitrogens is 4. The maximum atomic E-state index is 6.56. The van der Waals surface area contributed by atoms with E-state index in [0.717, 1.165) is 47.8 Å². The molecule has 140 valence electrons. The Balaban J connectivity index is 1.93. The van der Waals surface area contributed by atoms with Crippen molar-refractivity contribution in [2.75, 3.05) is 11.5 Å². The lowest BCUT2D eigenvalue weighted by Crippen LogP contribution is -1.95. The van der Waals surface area contributed by atoms with E-state index in [4.69, 9.17) is 22.3 Å². The molecular weight excluding hydrogens is 418 g/mol. The van der Waals surface area contributed by atoms with Crippen molar-refractivity contribution in [1.82, 2.24) is 19.5 Å². The fourth-order valence-corrected chi connectivity index (χ4v) is 6.01. The number of thioether (sulfide) groups is 1. The molecule has 9 heteroatoms. The van der Waals surface area contributed by atoms with Gasteiger partial charge in [-0.15, -0.1) is 34.4 Å². The lowest BCUT2D eigenvalue weighted by molar-refractivity contribution is 0.897. The second-order valence-corrected chi connectivity index (χ2v) is 9.64. The Kier molecular flexibility index (Phi) is 5.41. The molecule has 0 saturated heterocycles. The van der Waals surface area contributed by atoms with Gasteiger partial charge >= 0.3 is 0 Å². The third-order valence-corrected chi connectivity index (χ3v) is 7.87. The zero-order valence-corrected chi connectivity index (χ0v) is 18.1. The van der Waals surface area contributed by atoms with Crippen molar-refractivity contribution in [3.63, 3.8) is 0 Å². The molecule has 0 amide bonds. The van der Waals surface area contributed by atoms with Crippen LogP contribution in [0.25, 0.3) is 32.2 Å². The average Bonchev–Trinajstić information content (AvgIpc) is 3.37. The van der Waals surface area contributed by atoms with Gasteiger partial charge in [0.25, 0.3) is 0 Å². The minimum absolute atomic E-state index is 0.442. The van der Waals surface area contributed by atoms with Crippen LogP contribution in [0.15, 0.2) is 28.0 Å². The van der Waals surface area contributed by atoms with Crippen molar-refractivity contribution < 1.29 is 0 Å². The summed E-state index contributed by atoms with van der Waals surface area (Å²) in [6.45, 7) is 2.20. The van der Waals surface area contributed by atoms with E-state index in [0.29, 0.717) is 5.28 Å². The van der Waals surface area contributed by atoms with E-state index in [2.05, 4.69) is 16.9 Å². The number of imidazole rings is 1. The number of unbranched alkanes of at least 4 members (excludes halogenated alkanes) is 1. The summed E-state index contributed by atoms with van der Waals surface area (Å²) >= 11 is 11.2. The van der Waals surface area contributed by atoms with Gasteiger partial charge in [0.1, 0.15) is 15.5 Å². The van der Waals surface area contributed by atoms with Crippen LogP contribution >= 0.6 is 46.0 Å². The van der Waals surface area contributed by atoms with Crippen LogP contribution in [-0.2, 0) is 7.05 Å². The minimum atomic E-state index is 0.442. The highest BCUT2D eigenvalue weighted by atomic mass is 35.5. The Bertz CT molecular complexity index is 1080. The number of halogens is 1. The molecular formula is C18H18ClN5S3. The maximum Gasteiger partial charge on any atom is 0.202 e. The van der Waals surface area contributed by atoms with Crippen molar-refractivity contribution in [3.05, 3.63) is 29.1 Å². The van der Waals surface area contributed by atoms with Crippen LogP contribution in [0, 0.1) is 0 Å². The lowest BCUT2D eigenvalue weighted by Gasteiger charge is -2.08. The van der Waals surface area contributed by atoms with Gasteiger partial charge < -0.3 is 10.3 Å². The quantitative estimate of drug-likeness (QED) is 0.299. The first-order chi connectivity index (χ1) is 13.1. The molecule has 0 spiro atoms. The summed E-state index contributed by atoms with van der Waals surface area (Å²) in [6, 6.07) is 2.04. The third-order valence-electron chi connectivity index (χ3n) is 4.25. The van der Waals surface area contributed by atoms with Crippen LogP contribution in [0.1, 0.15) is 19.8 Å². The molecule has 0 aliphatic carbocycles. The van der Waals surface area contributed by atoms with Gasteiger partial charge in [0.15, 0.2) is 0 Å². The predicted octanol–water partition coefficient (Wildman–Crippen LogP) is 5.95. The predicted molar refractivity (Wildman–Crippen MR) is 118 cm³/mol. The number of hydrogen-bond donors (Lipinski definition) is 1. The fourth-order valence-electron chi connectivity index (χ4n) is 2.82. The molecule has 4 aromatic rings. The summed E-state index contributed by atoms with van der Waals surface area (Å²) in [4.78, 5) is 14.4. The van der Waals surface area contributed by atoms with E-state index >= 15 is 0 Å². The number of thiazole rings is 1. The lowest BCUT2D eigenvalue weighted by atomic mass is 10.1. The number of thiophene rings is 1. The zero-order valence-electron chi connectivity index (χ0n) is 14.9. The van der Waals surface area contributed by atoms with Gasteiger partial charge in [-0.05, 0) is 29.8 Å². The van der Waals surface area contributed by atoms with Crippen molar-refractivity contribution in [2.24, 2.45) is 7.05 Å². The molecule has 0 unspecified atom stereocenters. The molecule has 5 nitrogen and oxygen atoms in total. The van der Waals surface area contributed by atoms with Crippen LogP contribution in [0.5, 0.6) is 0 Å². The van der Waals surface area contributed by atoms with E-state index in [1.54, 1.807) is 46.8 Å². The second kappa shape index (κ2) is 7.79. The number of nitrogens with zero attached hydrogens (tertiary/aromatic N) is 4. The maximum absolute atomic E-state index is 6.56. The molecule has 0 aliphatic rings. The second-order valence-electron chi connectivity index (χ2n) is 6.05. The summed E-state index contributed by atoms with van der Waals surface area (Å²) in [7, 11) is 1.90. The van der Waals surface area contributed by atoms with Crippen LogP contribution < -0.4 is 5.73 Å². The fraction of sp³-hybridized carbons (Fsp3) is 0.278. The number of rotatable bonds is 6. The molecule has 0 aliphatic heterocycles. The molecule has 0 atom stereocenters. The van der Waals surface area contributed by atoms with Gasteiger partial charge in [0, 0.05) is 29.6 Å². The smallest absolute Gasteiger partial charge is 0.202 e. The van der Waals surface area contributed by atoms with Crippen LogP contribution in [0.4, 0.5) is 5.69 Å². The molecule has 0 fully saturated rings. The van der Waals surface area contributed by atoms with Gasteiger partial charge in [0.2, 0.25) is 5.28 Å².